The van der Waals surface area contributed by atoms with Crippen LogP contribution >= 0.6 is 0 Å². The number of nitrogens with zero attached hydrogens (tertiary/aromatic N) is 1. The molecule has 0 amide bonds. The molecule has 1 aliphatic carbocycles. The van der Waals surface area contributed by atoms with Gasteiger partial charge < -0.3 is 9.73 Å². The number of furan rings is 1. The van der Waals surface area contributed by atoms with Crippen molar-refractivity contribution in [2.45, 2.75) is 24.9 Å². The van der Waals surface area contributed by atoms with Crippen LogP contribution in [0.4, 0.5) is 0 Å². The van der Waals surface area contributed by atoms with Gasteiger partial charge in [0.15, 0.2) is 12.2 Å². The lowest BCUT2D eigenvalue weighted by atomic mass is 9.92. The molecule has 3 atom stereocenters. The number of pyridine rings is 1. The normalized spacial score (nSPS) is 23.4. The minimum Gasteiger partial charge on any atom is -0.455 e. The van der Waals surface area contributed by atoms with Gasteiger partial charge in [0.05, 0.1) is 17.5 Å². The maximum atomic E-state index is 6.36. The van der Waals surface area contributed by atoms with E-state index in [0.717, 1.165) is 11.2 Å². The lowest BCUT2D eigenvalue weighted by molar-refractivity contribution is -0.693. The Labute approximate surface area is 145 Å². The SMILES string of the molecule is CNC1C2c3ccc4c(oc5ccccc54)c3-c3c(C)ccc[n+]3C12. The zero-order valence-corrected chi connectivity index (χ0v) is 14.3. The van der Waals surface area contributed by atoms with Crippen LogP contribution in [0.3, 0.4) is 0 Å². The van der Waals surface area contributed by atoms with Gasteiger partial charge in [0.2, 0.25) is 5.69 Å². The Morgan fingerprint density at radius 2 is 1.88 bits per heavy atom. The summed E-state index contributed by atoms with van der Waals surface area (Å²) in [6.45, 7) is 2.20. The van der Waals surface area contributed by atoms with Gasteiger partial charge in [-0.05, 0) is 31.7 Å². The van der Waals surface area contributed by atoms with Gasteiger partial charge >= 0.3 is 0 Å². The first-order chi connectivity index (χ1) is 12.3. The van der Waals surface area contributed by atoms with Crippen LogP contribution in [0.2, 0.25) is 0 Å². The maximum absolute atomic E-state index is 6.36. The van der Waals surface area contributed by atoms with E-state index in [1.807, 2.05) is 6.07 Å². The molecule has 1 fully saturated rings. The Kier molecular flexibility index (Phi) is 2.45. The smallest absolute Gasteiger partial charge is 0.219 e. The highest BCUT2D eigenvalue weighted by atomic mass is 16.3. The zero-order valence-electron chi connectivity index (χ0n) is 14.3. The van der Waals surface area contributed by atoms with E-state index < -0.39 is 0 Å². The number of benzene rings is 2. The van der Waals surface area contributed by atoms with Gasteiger partial charge in [-0.25, -0.2) is 0 Å². The molecular weight excluding hydrogens is 308 g/mol. The summed E-state index contributed by atoms with van der Waals surface area (Å²) < 4.78 is 8.82. The van der Waals surface area contributed by atoms with E-state index >= 15 is 0 Å². The Hall–Kier alpha value is -2.65. The molecule has 6 rings (SSSR count). The summed E-state index contributed by atoms with van der Waals surface area (Å²) in [5.41, 5.74) is 7.31. The van der Waals surface area contributed by atoms with Crippen molar-refractivity contribution in [1.82, 2.24) is 5.32 Å². The minimum atomic E-state index is 0.494. The van der Waals surface area contributed by atoms with Crippen LogP contribution in [-0.2, 0) is 0 Å². The Balaban J connectivity index is 1.79. The van der Waals surface area contributed by atoms with E-state index in [2.05, 4.69) is 72.5 Å². The number of aromatic nitrogens is 1. The molecule has 3 heterocycles. The van der Waals surface area contributed by atoms with Gasteiger partial charge in [0.1, 0.15) is 11.2 Å². The quantitative estimate of drug-likeness (QED) is 0.534. The predicted molar refractivity (Wildman–Crippen MR) is 98.7 cm³/mol. The summed E-state index contributed by atoms with van der Waals surface area (Å²) in [4.78, 5) is 0. The molecule has 25 heavy (non-hydrogen) atoms. The number of aryl methyl sites for hydroxylation is 1. The van der Waals surface area contributed by atoms with Crippen LogP contribution in [0.5, 0.6) is 0 Å². The van der Waals surface area contributed by atoms with Gasteiger partial charge in [0, 0.05) is 22.4 Å². The summed E-state index contributed by atoms with van der Waals surface area (Å²) in [5.74, 6) is 0.525. The molecule has 2 aromatic carbocycles. The van der Waals surface area contributed by atoms with Crippen LogP contribution in [-0.4, -0.2) is 13.1 Å². The molecule has 0 saturated heterocycles. The van der Waals surface area contributed by atoms with Crippen molar-refractivity contribution in [3.63, 3.8) is 0 Å². The second-order valence-electron chi connectivity index (χ2n) is 7.28. The first-order valence-electron chi connectivity index (χ1n) is 8.92. The molecule has 0 radical (unpaired) electrons. The zero-order chi connectivity index (χ0) is 16.7. The minimum absolute atomic E-state index is 0.494. The first kappa shape index (κ1) is 13.6. The third-order valence-electron chi connectivity index (χ3n) is 6.04. The van der Waals surface area contributed by atoms with Crippen molar-refractivity contribution < 1.29 is 8.98 Å². The van der Waals surface area contributed by atoms with Crippen molar-refractivity contribution >= 4 is 21.9 Å². The molecule has 3 unspecified atom stereocenters. The van der Waals surface area contributed by atoms with Crippen molar-refractivity contribution in [3.05, 3.63) is 65.9 Å². The highest BCUT2D eigenvalue weighted by Crippen LogP contribution is 2.56. The Morgan fingerprint density at radius 3 is 2.76 bits per heavy atom. The topological polar surface area (TPSA) is 29.1 Å². The number of hydrogen-bond acceptors (Lipinski definition) is 2. The number of rotatable bonds is 1. The monoisotopic (exact) mass is 327 g/mol. The Bertz CT molecular complexity index is 1170. The average molecular weight is 327 g/mol. The van der Waals surface area contributed by atoms with Gasteiger partial charge in [-0.1, -0.05) is 30.3 Å². The lowest BCUT2D eigenvalue weighted by Crippen LogP contribution is -2.40. The molecule has 0 spiro atoms. The van der Waals surface area contributed by atoms with Crippen molar-refractivity contribution in [2.24, 2.45) is 0 Å². The average Bonchev–Trinajstić information content (AvgIpc) is 3.26. The van der Waals surface area contributed by atoms with Crippen molar-refractivity contribution in [2.75, 3.05) is 7.05 Å². The van der Waals surface area contributed by atoms with E-state index in [0.29, 0.717) is 18.0 Å². The second-order valence-corrected chi connectivity index (χ2v) is 7.28. The number of fused-ring (bicyclic) bond motifs is 10. The molecule has 3 nitrogen and oxygen atoms in total. The summed E-state index contributed by atoms with van der Waals surface area (Å²) in [5, 5.41) is 5.92. The number of para-hydroxylation sites is 1. The number of nitrogens with one attached hydrogen (secondary N) is 1. The van der Waals surface area contributed by atoms with Crippen molar-refractivity contribution in [1.29, 1.82) is 0 Å². The highest BCUT2D eigenvalue weighted by molar-refractivity contribution is 6.10. The molecular formula is C22H19N2O+. The summed E-state index contributed by atoms with van der Waals surface area (Å²) in [7, 11) is 2.07. The van der Waals surface area contributed by atoms with Crippen LogP contribution < -0.4 is 9.88 Å². The van der Waals surface area contributed by atoms with Gasteiger partial charge in [-0.15, -0.1) is 0 Å². The third kappa shape index (κ3) is 1.57. The predicted octanol–water partition coefficient (Wildman–Crippen LogP) is 4.09. The van der Waals surface area contributed by atoms with Crippen LogP contribution in [0.25, 0.3) is 33.2 Å². The van der Waals surface area contributed by atoms with Gasteiger partial charge in [-0.2, -0.15) is 4.57 Å². The van der Waals surface area contributed by atoms with Crippen LogP contribution in [0.1, 0.15) is 23.1 Å². The molecule has 122 valence electrons. The van der Waals surface area contributed by atoms with Gasteiger partial charge in [-0.3, -0.25) is 0 Å². The number of hydrogen-bond donors (Lipinski definition) is 1. The molecule has 2 aliphatic rings. The molecule has 1 N–H and O–H groups in total. The second kappa shape index (κ2) is 4.50. The summed E-state index contributed by atoms with van der Waals surface area (Å²) in [6, 6.07) is 18.3. The van der Waals surface area contributed by atoms with Gasteiger partial charge in [0.25, 0.3) is 0 Å². The molecule has 4 aromatic rings. The van der Waals surface area contributed by atoms with Crippen LogP contribution in [0.15, 0.2) is 59.1 Å². The molecule has 0 bridgehead atoms. The summed E-state index contributed by atoms with van der Waals surface area (Å²) in [6.07, 6.45) is 2.22. The fraction of sp³-hybridized carbons (Fsp3) is 0.227. The van der Waals surface area contributed by atoms with E-state index in [1.165, 1.54) is 33.2 Å². The third-order valence-corrected chi connectivity index (χ3v) is 6.04. The highest BCUT2D eigenvalue weighted by Gasteiger charge is 2.62. The molecule has 1 aliphatic heterocycles. The van der Waals surface area contributed by atoms with E-state index in [-0.39, 0.29) is 0 Å². The lowest BCUT2D eigenvalue weighted by Gasteiger charge is -2.15. The molecule has 1 saturated carbocycles. The number of likely N-dealkylation sites (N-methyl/N-ethyl adjacent to an activating group) is 1. The largest absolute Gasteiger partial charge is 0.455 e. The fourth-order valence-electron chi connectivity index (χ4n) is 4.91. The molecule has 2 aromatic heterocycles. The maximum Gasteiger partial charge on any atom is 0.219 e. The standard InChI is InChI=1S/C22H19N2O/c1-12-6-5-11-24-20(12)18-15(17-19(23-2)21(17)24)10-9-14-13-7-3-4-8-16(13)25-22(14)18/h3-11,17,19,21,23H,1-2H3/q+1. The van der Waals surface area contributed by atoms with E-state index in [4.69, 9.17) is 4.42 Å². The van der Waals surface area contributed by atoms with E-state index in [9.17, 15) is 0 Å². The van der Waals surface area contributed by atoms with Crippen molar-refractivity contribution in [3.8, 4) is 11.3 Å². The fourth-order valence-corrected chi connectivity index (χ4v) is 4.91. The van der Waals surface area contributed by atoms with Crippen LogP contribution in [0, 0.1) is 6.92 Å². The first-order valence-corrected chi connectivity index (χ1v) is 8.92. The summed E-state index contributed by atoms with van der Waals surface area (Å²) >= 11 is 0. The van der Waals surface area contributed by atoms with E-state index in [1.54, 1.807) is 0 Å². The molecule has 3 heteroatoms. The Morgan fingerprint density at radius 1 is 1.00 bits per heavy atom.